The van der Waals surface area contributed by atoms with Crippen LogP contribution in [0, 0.1) is 23.7 Å². The van der Waals surface area contributed by atoms with Crippen molar-refractivity contribution in [2.45, 2.75) is 38.1 Å². The number of hydrogen-bond acceptors (Lipinski definition) is 4. The van der Waals surface area contributed by atoms with Crippen molar-refractivity contribution in [1.29, 1.82) is 0 Å². The van der Waals surface area contributed by atoms with Gasteiger partial charge in [0.2, 0.25) is 11.8 Å². The van der Waals surface area contributed by atoms with Crippen LogP contribution in [-0.4, -0.2) is 37.5 Å². The van der Waals surface area contributed by atoms with E-state index < -0.39 is 0 Å². The zero-order valence-electron chi connectivity index (χ0n) is 12.3. The van der Waals surface area contributed by atoms with E-state index in [1.54, 1.807) is 0 Å². The summed E-state index contributed by atoms with van der Waals surface area (Å²) >= 11 is 0. The van der Waals surface area contributed by atoms with Crippen LogP contribution >= 0.6 is 0 Å². The predicted octanol–water partition coefficient (Wildman–Crippen LogP) is 0.217. The summed E-state index contributed by atoms with van der Waals surface area (Å²) in [5.74, 6) is 0.0866. The van der Waals surface area contributed by atoms with E-state index in [-0.39, 0.29) is 42.2 Å². The van der Waals surface area contributed by atoms with Gasteiger partial charge >= 0.3 is 5.97 Å². The lowest BCUT2D eigenvalue weighted by Crippen LogP contribution is -2.50. The first kappa shape index (κ1) is 14.4. The maximum absolute atomic E-state index is 12.0. The Labute approximate surface area is 124 Å². The summed E-state index contributed by atoms with van der Waals surface area (Å²) in [6.07, 6.45) is 4.92. The number of hydrogen-bond donors (Lipinski definition) is 2. The van der Waals surface area contributed by atoms with E-state index in [1.165, 1.54) is 7.11 Å². The highest BCUT2D eigenvalue weighted by Crippen LogP contribution is 2.48. The van der Waals surface area contributed by atoms with Gasteiger partial charge in [-0.1, -0.05) is 0 Å². The van der Waals surface area contributed by atoms with E-state index in [0.717, 1.165) is 32.1 Å². The van der Waals surface area contributed by atoms with Gasteiger partial charge in [-0.3, -0.25) is 14.4 Å². The third-order valence-corrected chi connectivity index (χ3v) is 5.09. The highest BCUT2D eigenvalue weighted by Gasteiger charge is 2.51. The number of amides is 2. The van der Waals surface area contributed by atoms with Gasteiger partial charge in [-0.25, -0.2) is 0 Å². The molecule has 0 aromatic heterocycles. The molecule has 6 nitrogen and oxygen atoms in total. The van der Waals surface area contributed by atoms with Gasteiger partial charge in [0.15, 0.2) is 0 Å². The topological polar surface area (TPSA) is 84.5 Å². The van der Waals surface area contributed by atoms with E-state index in [0.29, 0.717) is 11.8 Å². The molecule has 0 saturated heterocycles. The Hall–Kier alpha value is -1.59. The van der Waals surface area contributed by atoms with Crippen molar-refractivity contribution in [3.8, 4) is 0 Å². The van der Waals surface area contributed by atoms with Crippen LogP contribution in [-0.2, 0) is 19.1 Å². The largest absolute Gasteiger partial charge is 0.469 e. The quantitative estimate of drug-likeness (QED) is 0.710. The monoisotopic (exact) mass is 294 g/mol. The zero-order valence-corrected chi connectivity index (χ0v) is 12.3. The Balaban J connectivity index is 1.53. The number of ether oxygens (including phenoxy) is 1. The van der Waals surface area contributed by atoms with Gasteiger partial charge in [0.1, 0.15) is 0 Å². The minimum atomic E-state index is -0.227. The second kappa shape index (κ2) is 5.66. The van der Waals surface area contributed by atoms with Gasteiger partial charge in [0.25, 0.3) is 0 Å². The average molecular weight is 294 g/mol. The summed E-state index contributed by atoms with van der Waals surface area (Å²) in [7, 11) is 1.39. The smallest absolute Gasteiger partial charge is 0.311 e. The number of carbonyl (C=O) groups excluding carboxylic acids is 3. The van der Waals surface area contributed by atoms with Crippen LogP contribution in [0.5, 0.6) is 0 Å². The van der Waals surface area contributed by atoms with Crippen LogP contribution in [0.4, 0.5) is 0 Å². The summed E-state index contributed by atoms with van der Waals surface area (Å²) in [6.45, 7) is -0.00286. The van der Waals surface area contributed by atoms with Crippen LogP contribution < -0.4 is 10.6 Å². The van der Waals surface area contributed by atoms with E-state index in [2.05, 4.69) is 10.6 Å². The van der Waals surface area contributed by atoms with E-state index in [9.17, 15) is 14.4 Å². The lowest BCUT2D eigenvalue weighted by Gasteiger charge is -2.29. The van der Waals surface area contributed by atoms with Gasteiger partial charge < -0.3 is 15.4 Å². The molecule has 3 aliphatic rings. The van der Waals surface area contributed by atoms with Crippen molar-refractivity contribution < 1.29 is 19.1 Å². The first-order chi connectivity index (χ1) is 10.1. The number of fused-ring (bicyclic) bond motifs is 2. The fraction of sp³-hybridized carbons (Fsp3) is 0.800. The van der Waals surface area contributed by atoms with Crippen LogP contribution in [0.3, 0.4) is 0 Å². The SMILES string of the molecule is COC(=O)[C@H]1[C@H]2CC[C@@H](C2)[C@@H]1NC(=O)CNC(=O)C1CC1. The molecular weight excluding hydrogens is 272 g/mol. The Morgan fingerprint density at radius 1 is 1.10 bits per heavy atom. The molecule has 2 N–H and O–H groups in total. The van der Waals surface area contributed by atoms with Crippen LogP contribution in [0.25, 0.3) is 0 Å². The molecule has 3 saturated carbocycles. The summed E-state index contributed by atoms with van der Waals surface area (Å²) in [6, 6.07) is -0.137. The zero-order chi connectivity index (χ0) is 15.0. The van der Waals surface area contributed by atoms with Crippen LogP contribution in [0.15, 0.2) is 0 Å². The van der Waals surface area contributed by atoms with Gasteiger partial charge in [0, 0.05) is 12.0 Å². The number of rotatable bonds is 5. The van der Waals surface area contributed by atoms with Crippen molar-refractivity contribution in [3.05, 3.63) is 0 Å². The molecule has 2 amide bonds. The molecule has 21 heavy (non-hydrogen) atoms. The standard InChI is InChI=1S/C15H22N2O4/c1-21-15(20)12-9-4-5-10(6-9)13(12)17-11(18)7-16-14(19)8-2-3-8/h8-10,12-13H,2-7H2,1H3,(H,16,19)(H,17,18)/t9-,10-,12-,13-/m0/s1. The molecule has 2 bridgehead atoms. The molecule has 0 aliphatic heterocycles. The molecule has 0 aromatic carbocycles. The molecule has 0 radical (unpaired) electrons. The second-order valence-electron chi connectivity index (χ2n) is 6.47. The molecule has 116 valence electrons. The minimum Gasteiger partial charge on any atom is -0.469 e. The first-order valence-electron chi connectivity index (χ1n) is 7.75. The van der Waals surface area contributed by atoms with Gasteiger partial charge in [-0.15, -0.1) is 0 Å². The summed E-state index contributed by atoms with van der Waals surface area (Å²) in [5.41, 5.74) is 0. The third kappa shape index (κ3) is 2.89. The molecule has 0 aromatic rings. The molecule has 3 rings (SSSR count). The van der Waals surface area contributed by atoms with Crippen molar-refractivity contribution >= 4 is 17.8 Å². The van der Waals surface area contributed by atoms with E-state index in [4.69, 9.17) is 4.74 Å². The lowest BCUT2D eigenvalue weighted by molar-refractivity contribution is -0.148. The molecule has 0 heterocycles. The number of methoxy groups -OCH3 is 1. The third-order valence-electron chi connectivity index (χ3n) is 5.09. The summed E-state index contributed by atoms with van der Waals surface area (Å²) < 4.78 is 4.88. The Kier molecular flexibility index (Phi) is 3.87. The lowest BCUT2D eigenvalue weighted by atomic mass is 9.84. The van der Waals surface area contributed by atoms with Gasteiger partial charge in [-0.05, 0) is 43.9 Å². The molecule has 0 unspecified atom stereocenters. The molecule has 3 fully saturated rings. The van der Waals surface area contributed by atoms with Gasteiger partial charge in [-0.2, -0.15) is 0 Å². The maximum Gasteiger partial charge on any atom is 0.311 e. The van der Waals surface area contributed by atoms with Crippen molar-refractivity contribution in [2.24, 2.45) is 23.7 Å². The van der Waals surface area contributed by atoms with Gasteiger partial charge in [0.05, 0.1) is 19.6 Å². The molecule has 3 aliphatic carbocycles. The van der Waals surface area contributed by atoms with Crippen molar-refractivity contribution in [3.63, 3.8) is 0 Å². The highest BCUT2D eigenvalue weighted by molar-refractivity contribution is 5.87. The number of nitrogens with one attached hydrogen (secondary N) is 2. The number of esters is 1. The maximum atomic E-state index is 12.0. The highest BCUT2D eigenvalue weighted by atomic mass is 16.5. The summed E-state index contributed by atoms with van der Waals surface area (Å²) in [4.78, 5) is 35.4. The predicted molar refractivity (Wildman–Crippen MR) is 74.0 cm³/mol. The fourth-order valence-electron chi connectivity index (χ4n) is 3.87. The fourth-order valence-corrected chi connectivity index (χ4v) is 3.87. The van der Waals surface area contributed by atoms with Crippen molar-refractivity contribution in [1.82, 2.24) is 10.6 Å². The Morgan fingerprint density at radius 3 is 2.48 bits per heavy atom. The van der Waals surface area contributed by atoms with Crippen molar-refractivity contribution in [2.75, 3.05) is 13.7 Å². The normalized spacial score (nSPS) is 33.6. The van der Waals surface area contributed by atoms with E-state index >= 15 is 0 Å². The Bertz CT molecular complexity index is 461. The number of carbonyl (C=O) groups is 3. The van der Waals surface area contributed by atoms with Crippen LogP contribution in [0.2, 0.25) is 0 Å². The second-order valence-corrected chi connectivity index (χ2v) is 6.47. The Morgan fingerprint density at radius 2 is 1.81 bits per heavy atom. The first-order valence-corrected chi connectivity index (χ1v) is 7.75. The molecule has 6 heteroatoms. The van der Waals surface area contributed by atoms with E-state index in [1.807, 2.05) is 0 Å². The van der Waals surface area contributed by atoms with Crippen LogP contribution in [0.1, 0.15) is 32.1 Å². The molecule has 4 atom stereocenters. The minimum absolute atomic E-state index is 0.00286. The average Bonchev–Trinajstić information content (AvgIpc) is 3.15. The summed E-state index contributed by atoms with van der Waals surface area (Å²) in [5, 5.41) is 5.59. The molecule has 0 spiro atoms. The molecular formula is C15H22N2O4.